The monoisotopic (exact) mass is 263 g/mol. The molecule has 0 spiro atoms. The summed E-state index contributed by atoms with van der Waals surface area (Å²) in [4.78, 5) is 4.33. The van der Waals surface area contributed by atoms with Crippen molar-refractivity contribution in [2.24, 2.45) is 0 Å². The van der Waals surface area contributed by atoms with Gasteiger partial charge in [-0.15, -0.1) is 11.3 Å². The van der Waals surface area contributed by atoms with Crippen LogP contribution in [0.25, 0.3) is 0 Å². The van der Waals surface area contributed by atoms with Gasteiger partial charge in [-0.3, -0.25) is 0 Å². The van der Waals surface area contributed by atoms with Crippen LogP contribution in [0.1, 0.15) is 29.6 Å². The molecular formula is C14H17NO2S. The zero-order chi connectivity index (χ0) is 13.0. The zero-order valence-corrected chi connectivity index (χ0v) is 11.5. The van der Waals surface area contributed by atoms with E-state index in [2.05, 4.69) is 11.9 Å². The number of aromatic hydroxyl groups is 1. The van der Waals surface area contributed by atoms with Gasteiger partial charge in [0.05, 0.1) is 10.7 Å². The SMILES string of the molecule is CCCc1ccc(OCc2csc(C)n2)cc1O. The molecule has 0 saturated heterocycles. The molecule has 0 unspecified atom stereocenters. The standard InChI is InChI=1S/C14H17NO2S/c1-3-4-11-5-6-13(7-14(11)16)17-8-12-9-18-10(2)15-12/h5-7,9,16H,3-4,8H2,1-2H3. The van der Waals surface area contributed by atoms with Gasteiger partial charge in [0.15, 0.2) is 0 Å². The highest BCUT2D eigenvalue weighted by atomic mass is 32.1. The fourth-order valence-electron chi connectivity index (χ4n) is 1.75. The maximum absolute atomic E-state index is 9.83. The molecule has 2 aromatic rings. The minimum absolute atomic E-state index is 0.309. The van der Waals surface area contributed by atoms with Gasteiger partial charge in [-0.1, -0.05) is 19.4 Å². The first-order chi connectivity index (χ1) is 8.69. The van der Waals surface area contributed by atoms with Crippen LogP contribution in [0.5, 0.6) is 11.5 Å². The molecule has 0 aliphatic carbocycles. The van der Waals surface area contributed by atoms with Crippen LogP contribution in [0.3, 0.4) is 0 Å². The molecule has 0 amide bonds. The molecular weight excluding hydrogens is 246 g/mol. The van der Waals surface area contributed by atoms with Crippen LogP contribution in [0, 0.1) is 6.92 Å². The van der Waals surface area contributed by atoms with E-state index >= 15 is 0 Å². The summed E-state index contributed by atoms with van der Waals surface area (Å²) >= 11 is 1.61. The first kappa shape index (κ1) is 12.9. The maximum atomic E-state index is 9.83. The molecule has 1 aromatic carbocycles. The third-order valence-electron chi connectivity index (χ3n) is 2.63. The minimum Gasteiger partial charge on any atom is -0.508 e. The van der Waals surface area contributed by atoms with Gasteiger partial charge in [-0.05, 0) is 25.0 Å². The van der Waals surface area contributed by atoms with Gasteiger partial charge < -0.3 is 9.84 Å². The number of aryl methyl sites for hydroxylation is 2. The zero-order valence-electron chi connectivity index (χ0n) is 10.6. The molecule has 1 N–H and O–H groups in total. The van der Waals surface area contributed by atoms with E-state index in [4.69, 9.17) is 4.74 Å². The summed E-state index contributed by atoms with van der Waals surface area (Å²) in [5, 5.41) is 12.9. The van der Waals surface area contributed by atoms with Gasteiger partial charge >= 0.3 is 0 Å². The third kappa shape index (κ3) is 3.23. The maximum Gasteiger partial charge on any atom is 0.131 e. The van der Waals surface area contributed by atoms with E-state index in [1.54, 1.807) is 17.4 Å². The van der Waals surface area contributed by atoms with Gasteiger partial charge in [0, 0.05) is 11.4 Å². The smallest absolute Gasteiger partial charge is 0.131 e. The van der Waals surface area contributed by atoms with E-state index in [1.165, 1.54) is 0 Å². The van der Waals surface area contributed by atoms with Crippen molar-refractivity contribution in [3.63, 3.8) is 0 Å². The summed E-state index contributed by atoms with van der Waals surface area (Å²) in [6.07, 6.45) is 1.91. The Morgan fingerprint density at radius 2 is 2.22 bits per heavy atom. The number of phenols is 1. The quantitative estimate of drug-likeness (QED) is 0.894. The molecule has 0 aliphatic rings. The molecule has 0 aliphatic heterocycles. The lowest BCUT2D eigenvalue weighted by atomic mass is 10.1. The van der Waals surface area contributed by atoms with Crippen LogP contribution in [0.2, 0.25) is 0 Å². The molecule has 1 aromatic heterocycles. The van der Waals surface area contributed by atoms with Crippen molar-refractivity contribution in [1.82, 2.24) is 4.98 Å². The van der Waals surface area contributed by atoms with Crippen molar-refractivity contribution in [3.8, 4) is 11.5 Å². The molecule has 0 saturated carbocycles. The largest absolute Gasteiger partial charge is 0.508 e. The highest BCUT2D eigenvalue weighted by Crippen LogP contribution is 2.25. The lowest BCUT2D eigenvalue weighted by molar-refractivity contribution is 0.300. The molecule has 1 heterocycles. The number of aromatic nitrogens is 1. The molecule has 18 heavy (non-hydrogen) atoms. The van der Waals surface area contributed by atoms with E-state index in [-0.39, 0.29) is 0 Å². The second kappa shape index (κ2) is 5.87. The Bertz CT molecular complexity index is 522. The number of thiazole rings is 1. The fourth-order valence-corrected chi connectivity index (χ4v) is 2.34. The lowest BCUT2D eigenvalue weighted by Crippen LogP contribution is -1.96. The van der Waals surface area contributed by atoms with Crippen LogP contribution in [-0.2, 0) is 13.0 Å². The Morgan fingerprint density at radius 3 is 2.83 bits per heavy atom. The molecule has 0 bridgehead atoms. The van der Waals surface area contributed by atoms with Crippen LogP contribution in [0.15, 0.2) is 23.6 Å². The van der Waals surface area contributed by atoms with E-state index in [0.717, 1.165) is 29.1 Å². The van der Waals surface area contributed by atoms with Gasteiger partial charge in [0.2, 0.25) is 0 Å². The van der Waals surface area contributed by atoms with Crippen molar-refractivity contribution in [2.75, 3.05) is 0 Å². The summed E-state index contributed by atoms with van der Waals surface area (Å²) in [7, 11) is 0. The van der Waals surface area contributed by atoms with Crippen LogP contribution in [0.4, 0.5) is 0 Å². The summed E-state index contributed by atoms with van der Waals surface area (Å²) < 4.78 is 5.60. The predicted molar refractivity (Wildman–Crippen MR) is 73.3 cm³/mol. The van der Waals surface area contributed by atoms with Gasteiger partial charge in [-0.2, -0.15) is 0 Å². The number of benzene rings is 1. The topological polar surface area (TPSA) is 42.4 Å². The number of ether oxygens (including phenoxy) is 1. The first-order valence-corrected chi connectivity index (χ1v) is 6.92. The molecule has 3 nitrogen and oxygen atoms in total. The van der Waals surface area contributed by atoms with Gasteiger partial charge in [-0.25, -0.2) is 4.98 Å². The fraction of sp³-hybridized carbons (Fsp3) is 0.357. The average Bonchev–Trinajstić information content (AvgIpc) is 2.76. The van der Waals surface area contributed by atoms with Crippen LogP contribution in [-0.4, -0.2) is 10.1 Å². The Morgan fingerprint density at radius 1 is 1.39 bits per heavy atom. The number of rotatable bonds is 5. The highest BCUT2D eigenvalue weighted by molar-refractivity contribution is 7.09. The van der Waals surface area contributed by atoms with Crippen LogP contribution < -0.4 is 4.74 Å². The molecule has 0 fully saturated rings. The highest BCUT2D eigenvalue weighted by Gasteiger charge is 2.04. The van der Waals surface area contributed by atoms with E-state index in [0.29, 0.717) is 18.1 Å². The van der Waals surface area contributed by atoms with Crippen LogP contribution >= 0.6 is 11.3 Å². The van der Waals surface area contributed by atoms with E-state index < -0.39 is 0 Å². The first-order valence-electron chi connectivity index (χ1n) is 6.04. The summed E-state index contributed by atoms with van der Waals surface area (Å²) in [5.41, 5.74) is 1.89. The van der Waals surface area contributed by atoms with E-state index in [1.807, 2.05) is 24.4 Å². The molecule has 0 radical (unpaired) electrons. The lowest BCUT2D eigenvalue weighted by Gasteiger charge is -2.07. The number of hydrogen-bond acceptors (Lipinski definition) is 4. The van der Waals surface area contributed by atoms with E-state index in [9.17, 15) is 5.11 Å². The Kier molecular flexibility index (Phi) is 4.20. The van der Waals surface area contributed by atoms with Gasteiger partial charge in [0.1, 0.15) is 18.1 Å². The summed E-state index contributed by atoms with van der Waals surface area (Å²) in [5.74, 6) is 0.988. The minimum atomic E-state index is 0.309. The molecule has 0 atom stereocenters. The number of hydrogen-bond donors (Lipinski definition) is 1. The summed E-state index contributed by atoms with van der Waals surface area (Å²) in [6, 6.07) is 5.48. The van der Waals surface area contributed by atoms with Crippen molar-refractivity contribution in [1.29, 1.82) is 0 Å². The van der Waals surface area contributed by atoms with Crippen molar-refractivity contribution < 1.29 is 9.84 Å². The Hall–Kier alpha value is -1.55. The molecule has 96 valence electrons. The van der Waals surface area contributed by atoms with Crippen molar-refractivity contribution >= 4 is 11.3 Å². The molecule has 2 rings (SSSR count). The Labute approximate surface area is 111 Å². The number of phenolic OH excluding ortho intramolecular Hbond substituents is 1. The molecule has 4 heteroatoms. The Balaban J connectivity index is 1.99. The van der Waals surface area contributed by atoms with Gasteiger partial charge in [0.25, 0.3) is 0 Å². The van der Waals surface area contributed by atoms with Crippen molar-refractivity contribution in [2.45, 2.75) is 33.3 Å². The number of nitrogens with zero attached hydrogens (tertiary/aromatic N) is 1. The normalized spacial score (nSPS) is 10.6. The predicted octanol–water partition coefficient (Wildman–Crippen LogP) is 3.69. The second-order valence-electron chi connectivity index (χ2n) is 4.19. The van der Waals surface area contributed by atoms with Crippen molar-refractivity contribution in [3.05, 3.63) is 39.8 Å². The average molecular weight is 263 g/mol. The second-order valence-corrected chi connectivity index (χ2v) is 5.25. The third-order valence-corrected chi connectivity index (χ3v) is 3.45. The summed E-state index contributed by atoms with van der Waals surface area (Å²) in [6.45, 7) is 4.50.